The summed E-state index contributed by atoms with van der Waals surface area (Å²) in [6.45, 7) is 8.50. The topological polar surface area (TPSA) is 236 Å². The van der Waals surface area contributed by atoms with E-state index < -0.39 is 79.8 Å². The highest BCUT2D eigenvalue weighted by atomic mass is 16.6. The van der Waals surface area contributed by atoms with Crippen molar-refractivity contribution in [3.8, 4) is 0 Å². The number of aliphatic hydroxyl groups excluding tert-OH is 6. The summed E-state index contributed by atoms with van der Waals surface area (Å²) in [7, 11) is 0. The molecule has 0 aliphatic rings. The van der Waals surface area contributed by atoms with Crippen LogP contribution in [0.25, 0.3) is 0 Å². The first-order valence-corrected chi connectivity index (χ1v) is 12.3. The van der Waals surface area contributed by atoms with Gasteiger partial charge in [-0.1, -0.05) is 26.3 Å². The third-order valence-electron chi connectivity index (χ3n) is 5.58. The summed E-state index contributed by atoms with van der Waals surface area (Å²) >= 11 is 0. The molecule has 0 aromatic heterocycles. The van der Waals surface area contributed by atoms with Gasteiger partial charge >= 0.3 is 23.9 Å². The van der Waals surface area contributed by atoms with E-state index in [0.29, 0.717) is 0 Å². The quantitative estimate of drug-likeness (QED) is 0.0436. The Balaban J connectivity index is 0. The Morgan fingerprint density at radius 2 is 0.643 bits per heavy atom. The Kier molecular flexibility index (Phi) is 21.5. The van der Waals surface area contributed by atoms with Gasteiger partial charge in [0.1, 0.15) is 31.8 Å². The first-order valence-electron chi connectivity index (χ1n) is 12.3. The van der Waals surface area contributed by atoms with Crippen LogP contribution in [-0.2, 0) is 42.9 Å². The van der Waals surface area contributed by atoms with E-state index in [1.807, 2.05) is 0 Å². The van der Waals surface area contributed by atoms with Crippen LogP contribution in [0.3, 0.4) is 0 Å². The van der Waals surface area contributed by atoms with E-state index in [9.17, 15) is 19.2 Å². The summed E-state index contributed by atoms with van der Waals surface area (Å²) in [5.74, 6) is -3.04. The van der Waals surface area contributed by atoms with Crippen LogP contribution in [0.1, 0.15) is 0 Å². The van der Waals surface area contributed by atoms with Crippen LogP contribution in [0.15, 0.2) is 50.6 Å². The van der Waals surface area contributed by atoms with Gasteiger partial charge in [0, 0.05) is 24.3 Å². The second-order valence-corrected chi connectivity index (χ2v) is 9.19. The third-order valence-corrected chi connectivity index (χ3v) is 5.58. The Labute approximate surface area is 243 Å². The molecule has 0 fully saturated rings. The fourth-order valence-corrected chi connectivity index (χ4v) is 2.44. The van der Waals surface area contributed by atoms with Crippen molar-refractivity contribution in [3.63, 3.8) is 0 Å². The van der Waals surface area contributed by atoms with Crippen molar-refractivity contribution < 1.29 is 73.5 Å². The highest BCUT2D eigenvalue weighted by molar-refractivity contribution is 5.82. The molecular weight excluding hydrogens is 564 g/mol. The Morgan fingerprint density at radius 1 is 0.429 bits per heavy atom. The van der Waals surface area contributed by atoms with Crippen molar-refractivity contribution >= 4 is 23.9 Å². The maximum absolute atomic E-state index is 11.3. The van der Waals surface area contributed by atoms with Crippen LogP contribution >= 0.6 is 0 Å². The van der Waals surface area contributed by atoms with Gasteiger partial charge in [-0.3, -0.25) is 0 Å². The summed E-state index contributed by atoms with van der Waals surface area (Å²) in [4.78, 5) is 45.3. The Hall–Kier alpha value is -3.44. The summed E-state index contributed by atoms with van der Waals surface area (Å²) < 4.78 is 24.9. The molecule has 0 aliphatic heterocycles. The second-order valence-electron chi connectivity index (χ2n) is 9.19. The molecule has 0 aliphatic carbocycles. The van der Waals surface area contributed by atoms with Crippen LogP contribution in [0, 0.1) is 16.2 Å². The SMILES string of the molecule is C=CC(=O)OCC(COC(=O)C=C)(COC(=O)C=C)COC(=O)C=C.OCC(CO)(CO)COCC(CO)(CO)CO. The van der Waals surface area contributed by atoms with Crippen LogP contribution in [-0.4, -0.2) is 134 Å². The molecule has 0 spiro atoms. The molecule has 0 rings (SSSR count). The van der Waals surface area contributed by atoms with Gasteiger partial charge in [0.15, 0.2) is 0 Å². The zero-order chi connectivity index (χ0) is 32.7. The zero-order valence-electron chi connectivity index (χ0n) is 23.5. The molecule has 0 aromatic rings. The fraction of sp³-hybridized carbons (Fsp3) is 0.556. The molecule has 0 radical (unpaired) electrons. The van der Waals surface area contributed by atoms with E-state index >= 15 is 0 Å². The van der Waals surface area contributed by atoms with E-state index in [4.69, 9.17) is 54.3 Å². The van der Waals surface area contributed by atoms with Crippen molar-refractivity contribution in [2.75, 3.05) is 79.3 Å². The number of rotatable bonds is 22. The zero-order valence-corrected chi connectivity index (χ0v) is 23.5. The predicted octanol–water partition coefficient (Wildman–Crippen LogP) is -2.18. The lowest BCUT2D eigenvalue weighted by atomic mass is 9.91. The van der Waals surface area contributed by atoms with Crippen LogP contribution < -0.4 is 0 Å². The number of esters is 4. The van der Waals surface area contributed by atoms with Crippen LogP contribution in [0.2, 0.25) is 0 Å². The van der Waals surface area contributed by atoms with Gasteiger partial charge in [-0.2, -0.15) is 0 Å². The third kappa shape index (κ3) is 15.5. The van der Waals surface area contributed by atoms with Crippen molar-refractivity contribution in [1.29, 1.82) is 0 Å². The van der Waals surface area contributed by atoms with Crippen LogP contribution in [0.4, 0.5) is 0 Å². The summed E-state index contributed by atoms with van der Waals surface area (Å²) in [5.41, 5.74) is -3.66. The Bertz CT molecular complexity index is 737. The van der Waals surface area contributed by atoms with Crippen molar-refractivity contribution in [2.45, 2.75) is 0 Å². The number of carbonyl (C=O) groups excluding carboxylic acids is 4. The van der Waals surface area contributed by atoms with Gasteiger partial charge in [0.2, 0.25) is 0 Å². The largest absolute Gasteiger partial charge is 0.462 e. The van der Waals surface area contributed by atoms with Gasteiger partial charge in [0.25, 0.3) is 0 Å². The lowest BCUT2D eigenvalue weighted by Crippen LogP contribution is -2.43. The molecule has 0 unspecified atom stereocenters. The number of aliphatic hydroxyl groups is 6. The maximum atomic E-state index is 11.3. The van der Waals surface area contributed by atoms with Crippen molar-refractivity contribution in [2.24, 2.45) is 16.2 Å². The molecular formula is C27H42O15. The van der Waals surface area contributed by atoms with Gasteiger partial charge in [-0.25, -0.2) is 19.2 Å². The molecule has 0 heterocycles. The van der Waals surface area contributed by atoms with Crippen molar-refractivity contribution in [3.05, 3.63) is 50.6 Å². The minimum absolute atomic E-state index is 0.141. The highest BCUT2D eigenvalue weighted by Crippen LogP contribution is 2.22. The maximum Gasteiger partial charge on any atom is 0.330 e. The van der Waals surface area contributed by atoms with E-state index in [-0.39, 0.29) is 39.6 Å². The number of carbonyl (C=O) groups is 4. The highest BCUT2D eigenvalue weighted by Gasteiger charge is 2.37. The molecule has 15 heteroatoms. The average molecular weight is 607 g/mol. The lowest BCUT2D eigenvalue weighted by Gasteiger charge is -2.31. The minimum Gasteiger partial charge on any atom is -0.462 e. The molecule has 15 nitrogen and oxygen atoms in total. The monoisotopic (exact) mass is 606 g/mol. The molecule has 0 amide bonds. The first kappa shape index (κ1) is 40.7. The second kappa shape index (κ2) is 22.2. The average Bonchev–Trinajstić information content (AvgIpc) is 3.04. The van der Waals surface area contributed by atoms with E-state index in [0.717, 1.165) is 24.3 Å². The van der Waals surface area contributed by atoms with E-state index in [1.54, 1.807) is 0 Å². The Morgan fingerprint density at radius 3 is 0.810 bits per heavy atom. The molecule has 0 aromatic carbocycles. The fourth-order valence-electron chi connectivity index (χ4n) is 2.44. The smallest absolute Gasteiger partial charge is 0.330 e. The van der Waals surface area contributed by atoms with Gasteiger partial charge < -0.3 is 54.3 Å². The molecule has 42 heavy (non-hydrogen) atoms. The molecule has 0 bridgehead atoms. The van der Waals surface area contributed by atoms with Crippen LogP contribution in [0.5, 0.6) is 0 Å². The van der Waals surface area contributed by atoms with Gasteiger partial charge in [-0.05, 0) is 0 Å². The van der Waals surface area contributed by atoms with Gasteiger partial charge in [0.05, 0.1) is 63.7 Å². The summed E-state index contributed by atoms with van der Waals surface area (Å²) in [6, 6.07) is 0. The molecule has 240 valence electrons. The summed E-state index contributed by atoms with van der Waals surface area (Å²) in [5, 5.41) is 54.2. The number of hydrogen-bond acceptors (Lipinski definition) is 15. The molecule has 0 atom stereocenters. The summed E-state index contributed by atoms with van der Waals surface area (Å²) in [6.07, 6.45) is 3.69. The predicted molar refractivity (Wildman–Crippen MR) is 145 cm³/mol. The number of ether oxygens (including phenoxy) is 5. The van der Waals surface area contributed by atoms with Crippen molar-refractivity contribution in [1.82, 2.24) is 0 Å². The van der Waals surface area contributed by atoms with E-state index in [1.165, 1.54) is 0 Å². The normalized spacial score (nSPS) is 11.2. The van der Waals surface area contributed by atoms with Gasteiger partial charge in [-0.15, -0.1) is 0 Å². The standard InChI is InChI=1S/C17H20O8.C10H22O7/c1-5-13(18)22-9-17(10-23-14(19)6-2,11-24-15(20)7-3)12-25-16(21)8-4;11-1-9(2-12,3-13)7-17-8-10(4-14,5-15)6-16/h5-8H,1-4,9-12H2;11-16H,1-8H2. The molecule has 0 saturated carbocycles. The lowest BCUT2D eigenvalue weighted by molar-refractivity contribution is -0.164. The molecule has 6 N–H and O–H groups in total. The number of hydrogen-bond donors (Lipinski definition) is 6. The van der Waals surface area contributed by atoms with E-state index in [2.05, 4.69) is 26.3 Å². The first-order chi connectivity index (χ1) is 19.9. The minimum atomic E-state index is -1.34. The molecule has 0 saturated heterocycles.